The van der Waals surface area contributed by atoms with E-state index in [1.807, 2.05) is 61.3 Å². The highest BCUT2D eigenvalue weighted by Crippen LogP contribution is 2.33. The van der Waals surface area contributed by atoms with Crippen LogP contribution >= 0.6 is 0 Å². The summed E-state index contributed by atoms with van der Waals surface area (Å²) >= 11 is 0. The van der Waals surface area contributed by atoms with Gasteiger partial charge in [-0.2, -0.15) is 0 Å². The van der Waals surface area contributed by atoms with Gasteiger partial charge >= 0.3 is 6.09 Å². The molecular weight excluding hydrogens is 578 g/mol. The van der Waals surface area contributed by atoms with Crippen molar-refractivity contribution in [2.24, 2.45) is 5.92 Å². The largest absolute Gasteiger partial charge is 0.453 e. The molecule has 0 bridgehead atoms. The number of benzene rings is 2. The second-order valence-electron chi connectivity index (χ2n) is 12.2. The van der Waals surface area contributed by atoms with Crippen molar-refractivity contribution in [3.05, 3.63) is 95.3 Å². The molecule has 46 heavy (non-hydrogen) atoms. The molecule has 2 aliphatic heterocycles. The van der Waals surface area contributed by atoms with Crippen LogP contribution in [0.15, 0.2) is 72.6 Å². The Morgan fingerprint density at radius 1 is 0.935 bits per heavy atom. The predicted octanol–water partition coefficient (Wildman–Crippen LogP) is 5.50. The van der Waals surface area contributed by atoms with Crippen molar-refractivity contribution in [3.63, 3.8) is 0 Å². The topological polar surface area (TPSA) is 128 Å². The molecule has 0 unspecified atom stereocenters. The van der Waals surface area contributed by atoms with E-state index in [1.54, 1.807) is 6.20 Å². The number of H-pyrrole nitrogens is 2. The smallest absolute Gasteiger partial charge is 0.407 e. The Labute approximate surface area is 269 Å². The summed E-state index contributed by atoms with van der Waals surface area (Å²) in [5.74, 6) is 7.96. The molecule has 4 heterocycles. The Morgan fingerprint density at radius 3 is 2.07 bits per heavy atom. The quantitative estimate of drug-likeness (QED) is 0.160. The number of nitrogens with one attached hydrogen (secondary N) is 4. The molecular formula is C36H39N7O3. The van der Waals surface area contributed by atoms with Crippen molar-refractivity contribution < 1.29 is 14.3 Å². The second kappa shape index (κ2) is 13.5. The fraction of sp³-hybridized carbons (Fsp3) is 0.333. The van der Waals surface area contributed by atoms with Gasteiger partial charge in [0.25, 0.3) is 0 Å². The molecule has 236 valence electrons. The zero-order valence-electron chi connectivity index (χ0n) is 26.6. The lowest BCUT2D eigenvalue weighted by atomic mass is 10.0. The minimum Gasteiger partial charge on any atom is -0.453 e. The minimum atomic E-state index is -0.667. The Morgan fingerprint density at radius 2 is 1.52 bits per heavy atom. The first-order valence-electron chi connectivity index (χ1n) is 15.7. The molecule has 6 rings (SSSR count). The molecule has 2 aromatic carbocycles. The fourth-order valence-corrected chi connectivity index (χ4v) is 5.95. The zero-order chi connectivity index (χ0) is 32.2. The molecule has 2 aromatic heterocycles. The molecule has 1 saturated heterocycles. The maximum Gasteiger partial charge on any atom is 0.407 e. The van der Waals surface area contributed by atoms with Gasteiger partial charge in [0.05, 0.1) is 43.0 Å². The van der Waals surface area contributed by atoms with Crippen LogP contribution in [0.1, 0.15) is 68.5 Å². The van der Waals surface area contributed by atoms with Crippen molar-refractivity contribution in [2.45, 2.75) is 51.7 Å². The number of carbonyl (C=O) groups is 2. The van der Waals surface area contributed by atoms with E-state index in [-0.39, 0.29) is 23.9 Å². The minimum absolute atomic E-state index is 0.0852. The zero-order valence-corrected chi connectivity index (χ0v) is 26.6. The first-order chi connectivity index (χ1) is 22.3. The van der Waals surface area contributed by atoms with E-state index in [9.17, 15) is 9.59 Å². The average molecular weight is 618 g/mol. The number of nitrogens with zero attached hydrogens (tertiary/aromatic N) is 3. The van der Waals surface area contributed by atoms with Crippen molar-refractivity contribution in [3.8, 4) is 34.4 Å². The van der Waals surface area contributed by atoms with Crippen LogP contribution in [0.2, 0.25) is 0 Å². The summed E-state index contributed by atoms with van der Waals surface area (Å²) < 4.78 is 4.74. The van der Waals surface area contributed by atoms with Crippen molar-refractivity contribution in [2.75, 3.05) is 20.2 Å². The van der Waals surface area contributed by atoms with E-state index in [1.165, 1.54) is 12.7 Å². The molecule has 2 amide bonds. The number of ether oxygens (including phenoxy) is 1. The number of aromatic amines is 2. The van der Waals surface area contributed by atoms with E-state index in [4.69, 9.17) is 4.74 Å². The first-order valence-corrected chi connectivity index (χ1v) is 15.7. The second-order valence-corrected chi connectivity index (χ2v) is 12.2. The molecule has 0 radical (unpaired) electrons. The summed E-state index contributed by atoms with van der Waals surface area (Å²) in [7, 11) is 1.30. The molecule has 10 nitrogen and oxygen atoms in total. The van der Waals surface area contributed by atoms with Crippen LogP contribution in [-0.2, 0) is 9.53 Å². The summed E-state index contributed by atoms with van der Waals surface area (Å²) in [6.45, 7) is 7.44. The molecule has 2 aliphatic rings. The van der Waals surface area contributed by atoms with Gasteiger partial charge in [-0.05, 0) is 61.1 Å². The number of rotatable bonds is 7. The van der Waals surface area contributed by atoms with Crippen molar-refractivity contribution >= 4 is 12.0 Å². The monoisotopic (exact) mass is 617 g/mol. The average Bonchev–Trinajstić information content (AvgIpc) is 3.89. The Hall–Kier alpha value is -5.14. The summed E-state index contributed by atoms with van der Waals surface area (Å²) in [4.78, 5) is 43.2. The van der Waals surface area contributed by atoms with Gasteiger partial charge in [0, 0.05) is 24.2 Å². The number of likely N-dealkylation sites (tertiary alicyclic amines) is 1. The number of carbonyl (C=O) groups excluding carboxylic acids is 2. The molecule has 0 aliphatic carbocycles. The van der Waals surface area contributed by atoms with Crippen LogP contribution in [0.4, 0.5) is 4.79 Å². The fourth-order valence-electron chi connectivity index (χ4n) is 5.95. The van der Waals surface area contributed by atoms with Crippen LogP contribution in [-0.4, -0.2) is 63.1 Å². The number of alkyl carbamates (subject to hydrolysis) is 1. The van der Waals surface area contributed by atoms with E-state index < -0.39 is 12.1 Å². The summed E-state index contributed by atoms with van der Waals surface area (Å²) in [5.41, 5.74) is 7.05. The lowest BCUT2D eigenvalue weighted by Gasteiger charge is -2.30. The Balaban J connectivity index is 1.09. The molecule has 1 fully saturated rings. The van der Waals surface area contributed by atoms with Crippen LogP contribution in [0.25, 0.3) is 22.5 Å². The maximum atomic E-state index is 13.4. The van der Waals surface area contributed by atoms with Crippen molar-refractivity contribution in [1.29, 1.82) is 0 Å². The van der Waals surface area contributed by atoms with Gasteiger partial charge in [-0.15, -0.1) is 0 Å². The Kier molecular flexibility index (Phi) is 9.04. The van der Waals surface area contributed by atoms with E-state index in [0.29, 0.717) is 6.54 Å². The third-order valence-corrected chi connectivity index (χ3v) is 8.52. The number of aromatic nitrogens is 4. The highest BCUT2D eigenvalue weighted by atomic mass is 16.5. The standard InChI is InChI=1S/C36H39N7O3/c1-22(2)32(42-36(45)46-4)35(44)43-17-5-6-31(43)34-39-21-30(41-34)27-15-11-25(12-16-27)8-7-24-9-13-26(14-10-24)29-20-38-33(40-29)28-18-23(3)19-37-28/h9-16,18,20-22,28,31-32,37H,5-6,17,19H2,1-4H3,(H,38,40)(H,39,41)(H,42,45)/t28-,31-,32-/m0/s1. The van der Waals surface area contributed by atoms with Gasteiger partial charge in [-0.25, -0.2) is 14.8 Å². The highest BCUT2D eigenvalue weighted by Gasteiger charge is 2.37. The van der Waals surface area contributed by atoms with Gasteiger partial charge in [0.15, 0.2) is 0 Å². The van der Waals surface area contributed by atoms with Crippen LogP contribution in [0, 0.1) is 17.8 Å². The van der Waals surface area contributed by atoms with Gasteiger partial charge < -0.3 is 30.2 Å². The summed E-state index contributed by atoms with van der Waals surface area (Å²) in [6, 6.07) is 15.5. The molecule has 4 N–H and O–H groups in total. The first kappa shape index (κ1) is 30.9. The van der Waals surface area contributed by atoms with E-state index >= 15 is 0 Å². The Bertz CT molecular complexity index is 1790. The van der Waals surface area contributed by atoms with Crippen LogP contribution in [0.3, 0.4) is 0 Å². The maximum absolute atomic E-state index is 13.4. The molecule has 0 saturated carbocycles. The van der Waals surface area contributed by atoms with E-state index in [2.05, 4.69) is 67.5 Å². The number of imidazole rings is 2. The molecule has 4 aromatic rings. The number of amides is 2. The highest BCUT2D eigenvalue weighted by molar-refractivity contribution is 5.86. The third kappa shape index (κ3) is 6.75. The number of hydrogen-bond acceptors (Lipinski definition) is 6. The predicted molar refractivity (Wildman–Crippen MR) is 176 cm³/mol. The molecule has 0 spiro atoms. The van der Waals surface area contributed by atoms with Gasteiger partial charge in [0.1, 0.15) is 17.7 Å². The van der Waals surface area contributed by atoms with Crippen LogP contribution < -0.4 is 10.6 Å². The number of hydrogen-bond donors (Lipinski definition) is 4. The normalized spacial score (nSPS) is 18.2. The third-order valence-electron chi connectivity index (χ3n) is 8.52. The van der Waals surface area contributed by atoms with Gasteiger partial charge in [-0.3, -0.25) is 4.79 Å². The van der Waals surface area contributed by atoms with Gasteiger partial charge in [0.2, 0.25) is 5.91 Å². The molecule has 10 heteroatoms. The SMILES string of the molecule is COC(=O)N[C@H](C(=O)N1CCC[C@H]1c1ncc(-c2ccc(C#Cc3ccc(-c4cnc([C@@H]5C=C(C)CN5)[nH]4)cc3)cc2)[nH]1)C(C)C. The lowest BCUT2D eigenvalue weighted by molar-refractivity contribution is -0.135. The molecule has 3 atom stereocenters. The van der Waals surface area contributed by atoms with Crippen molar-refractivity contribution in [1.82, 2.24) is 35.5 Å². The summed E-state index contributed by atoms with van der Waals surface area (Å²) in [5, 5.41) is 6.13. The summed E-state index contributed by atoms with van der Waals surface area (Å²) in [6.07, 6.45) is 6.93. The lowest BCUT2D eigenvalue weighted by Crippen LogP contribution is -2.51. The van der Waals surface area contributed by atoms with E-state index in [0.717, 1.165) is 64.7 Å². The van der Waals surface area contributed by atoms with Crippen LogP contribution in [0.5, 0.6) is 0 Å². The number of methoxy groups -OCH3 is 1. The van der Waals surface area contributed by atoms with Gasteiger partial charge in [-0.1, -0.05) is 61.6 Å².